The first-order chi connectivity index (χ1) is 17.1. The Morgan fingerprint density at radius 1 is 0.528 bits per heavy atom. The van der Waals surface area contributed by atoms with Gasteiger partial charge in [0.15, 0.2) is 0 Å². The summed E-state index contributed by atoms with van der Waals surface area (Å²) >= 11 is 0. The van der Waals surface area contributed by atoms with Crippen molar-refractivity contribution in [3.05, 3.63) is 157 Å². The van der Waals surface area contributed by atoms with Crippen LogP contribution in [0.1, 0.15) is 11.1 Å². The maximum atomic E-state index is 2.89. The summed E-state index contributed by atoms with van der Waals surface area (Å²) in [6.07, 6.45) is 0. The van der Waals surface area contributed by atoms with E-state index in [-0.39, 0.29) is 26.2 Å². The number of aryl methyl sites for hydroxylation is 2. The molecule has 6 aromatic rings. The number of hydrogen-bond donors (Lipinski definition) is 0. The molecule has 0 aliphatic rings. The van der Waals surface area contributed by atoms with E-state index < -0.39 is 0 Å². The van der Waals surface area contributed by atoms with Gasteiger partial charge in [-0.1, -0.05) is 39.1 Å². The molecule has 0 unspecified atom stereocenters. The second-order valence-corrected chi connectivity index (χ2v) is 8.98. The molecular formula is C34H34SiZr. The molecule has 0 aliphatic heterocycles. The molecular weight excluding hydrogens is 528 g/mol. The Labute approximate surface area is 239 Å². The third-order valence-electron chi connectivity index (χ3n) is 4.74. The minimum Gasteiger partial charge on any atom is -0.184 e. The molecule has 0 fully saturated rings. The summed E-state index contributed by atoms with van der Waals surface area (Å²) in [6.45, 7) is 8.56. The van der Waals surface area contributed by atoms with Crippen molar-refractivity contribution in [2.45, 2.75) is 26.9 Å². The summed E-state index contributed by atoms with van der Waals surface area (Å²) < 4.78 is 0. The third-order valence-corrected chi connectivity index (χ3v) is 4.74. The summed E-state index contributed by atoms with van der Waals surface area (Å²) in [5, 5.41) is 5.39. The molecule has 36 heavy (non-hydrogen) atoms. The van der Waals surface area contributed by atoms with Crippen molar-refractivity contribution in [2.75, 3.05) is 0 Å². The van der Waals surface area contributed by atoms with Gasteiger partial charge >= 0.3 is 26.2 Å². The van der Waals surface area contributed by atoms with Gasteiger partial charge in [0, 0.05) is 9.52 Å². The van der Waals surface area contributed by atoms with Crippen molar-refractivity contribution in [3.8, 4) is 0 Å². The minimum atomic E-state index is 0. The van der Waals surface area contributed by atoms with Gasteiger partial charge in [0.25, 0.3) is 0 Å². The second kappa shape index (κ2) is 19.4. The summed E-state index contributed by atoms with van der Waals surface area (Å²) in [6, 6.07) is 50.7. The first-order valence-corrected chi connectivity index (χ1v) is 13.8. The Hall–Kier alpha value is -2.80. The number of benzene rings is 4. The molecule has 6 rings (SSSR count). The van der Waals surface area contributed by atoms with E-state index in [1.54, 1.807) is 0 Å². The van der Waals surface area contributed by atoms with E-state index in [0.717, 1.165) is 9.52 Å². The van der Waals surface area contributed by atoms with Crippen LogP contribution >= 0.6 is 0 Å². The fourth-order valence-electron chi connectivity index (χ4n) is 3.30. The van der Waals surface area contributed by atoms with Gasteiger partial charge in [-0.05, 0) is 0 Å². The van der Waals surface area contributed by atoms with Gasteiger partial charge < -0.3 is 0 Å². The number of hydrogen-bond acceptors (Lipinski definition) is 0. The van der Waals surface area contributed by atoms with Crippen LogP contribution in [0.4, 0.5) is 0 Å². The van der Waals surface area contributed by atoms with Gasteiger partial charge in [-0.2, -0.15) is 84.9 Å². The quantitative estimate of drug-likeness (QED) is 0.128. The molecule has 0 aliphatic carbocycles. The van der Waals surface area contributed by atoms with E-state index >= 15 is 0 Å². The van der Waals surface area contributed by atoms with E-state index in [4.69, 9.17) is 0 Å². The van der Waals surface area contributed by atoms with Crippen LogP contribution in [0.5, 0.6) is 0 Å². The molecule has 178 valence electrons. The monoisotopic (exact) mass is 560 g/mol. The predicted molar refractivity (Wildman–Crippen MR) is 157 cm³/mol. The van der Waals surface area contributed by atoms with E-state index in [2.05, 4.69) is 112 Å². The van der Waals surface area contributed by atoms with Gasteiger partial charge in [-0.15, -0.1) is 81.2 Å². The maximum Gasteiger partial charge on any atom is 4.00 e. The maximum absolute atomic E-state index is 2.89. The summed E-state index contributed by atoms with van der Waals surface area (Å²) in [5.41, 5.74) is 2.70. The predicted octanol–water partition coefficient (Wildman–Crippen LogP) is 9.49. The van der Waals surface area contributed by atoms with Crippen LogP contribution < -0.4 is 0 Å². The van der Waals surface area contributed by atoms with Crippen LogP contribution in [0.25, 0.3) is 21.5 Å². The van der Waals surface area contributed by atoms with E-state index in [1.807, 2.05) is 60.7 Å². The molecule has 2 heteroatoms. The van der Waals surface area contributed by atoms with Crippen LogP contribution in [-0.2, 0) is 26.2 Å². The number of rotatable bonds is 0. The Morgan fingerprint density at radius 3 is 1.11 bits per heavy atom. The fourth-order valence-corrected chi connectivity index (χ4v) is 3.30. The zero-order chi connectivity index (χ0) is 25.1. The molecule has 0 heterocycles. The van der Waals surface area contributed by atoms with Gasteiger partial charge in [0.1, 0.15) is 0 Å². The van der Waals surface area contributed by atoms with Crippen LogP contribution in [0, 0.1) is 26.0 Å². The molecule has 6 aromatic carbocycles. The van der Waals surface area contributed by atoms with Gasteiger partial charge in [0.2, 0.25) is 0 Å². The van der Waals surface area contributed by atoms with E-state index in [1.165, 1.54) is 32.7 Å². The summed E-state index contributed by atoms with van der Waals surface area (Å²) in [5.74, 6) is 0. The summed E-state index contributed by atoms with van der Waals surface area (Å²) in [7, 11) is 1.08. The van der Waals surface area contributed by atoms with Crippen molar-refractivity contribution < 1.29 is 26.2 Å². The van der Waals surface area contributed by atoms with E-state index in [0.29, 0.717) is 0 Å². The Kier molecular flexibility index (Phi) is 16.8. The molecule has 2 radical (unpaired) electrons. The van der Waals surface area contributed by atoms with Crippen LogP contribution in [0.3, 0.4) is 0 Å². The minimum absolute atomic E-state index is 0. The molecule has 0 nitrogen and oxygen atoms in total. The van der Waals surface area contributed by atoms with Gasteiger partial charge in [-0.3, -0.25) is 0 Å². The second-order valence-electron chi connectivity index (χ2n) is 7.98. The van der Waals surface area contributed by atoms with Crippen LogP contribution in [-0.4, -0.2) is 9.52 Å². The Morgan fingerprint density at radius 2 is 0.861 bits per heavy atom. The van der Waals surface area contributed by atoms with E-state index in [9.17, 15) is 0 Å². The SMILES string of the molecule is C[Si]C.Cc1cc2ccccc2[cH-]1.Cc1cc2ccccc2[cH-]1.[Zr+4].[c-]1ccccc1.[c-]1ccccc1. The van der Waals surface area contributed by atoms with Crippen molar-refractivity contribution >= 4 is 31.1 Å². The van der Waals surface area contributed by atoms with Crippen LogP contribution in [0.2, 0.25) is 13.1 Å². The zero-order valence-electron chi connectivity index (χ0n) is 21.7. The molecule has 0 atom stereocenters. The first kappa shape index (κ1) is 31.2. The zero-order valence-corrected chi connectivity index (χ0v) is 25.2. The fraction of sp³-hybridized carbons (Fsp3) is 0.118. The summed E-state index contributed by atoms with van der Waals surface area (Å²) in [4.78, 5) is 0. The molecule has 0 amide bonds. The smallest absolute Gasteiger partial charge is 0.184 e. The molecule has 0 saturated heterocycles. The van der Waals surface area contributed by atoms with Crippen molar-refractivity contribution in [1.82, 2.24) is 0 Å². The van der Waals surface area contributed by atoms with Gasteiger partial charge in [-0.25, -0.2) is 0 Å². The molecule has 0 spiro atoms. The largest absolute Gasteiger partial charge is 4.00 e. The van der Waals surface area contributed by atoms with Gasteiger partial charge in [0.05, 0.1) is 0 Å². The molecule has 0 N–H and O–H groups in total. The molecule has 0 aromatic heterocycles. The van der Waals surface area contributed by atoms with Crippen molar-refractivity contribution in [1.29, 1.82) is 0 Å². The standard InChI is InChI=1S/2C10H9.2C6H5.C2H6Si.Zr/c2*1-8-6-9-4-2-3-5-10(9)7-8;2*1-2-4-6-5-3-1;1-3-2;/h2*2-7H,1H3;2*1-5H;1-2H3;/q4*-1;;+4. The average molecular weight is 562 g/mol. The Balaban J connectivity index is 0.000000235. The Bertz CT molecular complexity index is 1080. The normalized spacial score (nSPS) is 9.00. The first-order valence-electron chi connectivity index (χ1n) is 11.8. The topological polar surface area (TPSA) is 0 Å². The molecule has 0 bridgehead atoms. The van der Waals surface area contributed by atoms with Crippen molar-refractivity contribution in [3.63, 3.8) is 0 Å². The van der Waals surface area contributed by atoms with Crippen molar-refractivity contribution in [2.24, 2.45) is 0 Å². The average Bonchev–Trinajstić information content (AvgIpc) is 3.48. The molecule has 0 saturated carbocycles. The van der Waals surface area contributed by atoms with Crippen LogP contribution in [0.15, 0.2) is 133 Å². The number of fused-ring (bicyclic) bond motifs is 2. The third kappa shape index (κ3) is 12.8.